The quantitative estimate of drug-likeness (QED) is 0.610. The van der Waals surface area contributed by atoms with Gasteiger partial charge in [0.05, 0.1) is 5.69 Å². The number of benzene rings is 1. The number of aliphatic imine (C=N–C) groups is 1. The third-order valence-electron chi connectivity index (χ3n) is 4.31. The molecule has 1 aromatic rings. The molecule has 2 N–H and O–H groups in total. The van der Waals surface area contributed by atoms with Crippen LogP contribution in [0.25, 0.3) is 0 Å². The summed E-state index contributed by atoms with van der Waals surface area (Å²) in [6.45, 7) is 9.98. The van der Waals surface area contributed by atoms with E-state index in [0.29, 0.717) is 17.5 Å². The van der Waals surface area contributed by atoms with E-state index >= 15 is 0 Å². The molecule has 0 radical (unpaired) electrons. The summed E-state index contributed by atoms with van der Waals surface area (Å²) >= 11 is 6.11. The lowest BCUT2D eigenvalue weighted by molar-refractivity contribution is -0.130. The molecule has 1 heterocycles. The second-order valence-corrected chi connectivity index (χ2v) is 6.84. The average molecular weight is 379 g/mol. The number of rotatable bonds is 6. The average Bonchev–Trinajstić information content (AvgIpc) is 2.58. The van der Waals surface area contributed by atoms with Gasteiger partial charge in [0, 0.05) is 56.5 Å². The molecule has 0 bridgehead atoms. The van der Waals surface area contributed by atoms with Crippen molar-refractivity contribution in [3.8, 4) is 0 Å². The number of carbonyl (C=O) groups is 1. The van der Waals surface area contributed by atoms with Crippen LogP contribution in [-0.4, -0.2) is 60.7 Å². The number of nitrogens with zero attached hydrogens (tertiary/aromatic N) is 3. The van der Waals surface area contributed by atoms with Gasteiger partial charge < -0.3 is 15.4 Å². The van der Waals surface area contributed by atoms with Crippen molar-refractivity contribution in [1.29, 1.82) is 0 Å². The van der Waals surface area contributed by atoms with E-state index in [1.165, 1.54) is 0 Å². The van der Waals surface area contributed by atoms with Gasteiger partial charge in [0.15, 0.2) is 5.88 Å². The molecule has 1 amide bonds. The minimum Gasteiger partial charge on any atom is -0.478 e. The van der Waals surface area contributed by atoms with Crippen LogP contribution in [0.15, 0.2) is 35.2 Å². The summed E-state index contributed by atoms with van der Waals surface area (Å²) in [6, 6.07) is 5.67. The van der Waals surface area contributed by atoms with E-state index in [0.717, 1.165) is 49.7 Å². The molecule has 0 atom stereocenters. The van der Waals surface area contributed by atoms with E-state index in [9.17, 15) is 4.79 Å². The highest BCUT2D eigenvalue weighted by Gasteiger charge is 2.18. The summed E-state index contributed by atoms with van der Waals surface area (Å²) in [5.41, 5.74) is 8.47. The zero-order valence-corrected chi connectivity index (χ0v) is 16.4. The number of hydrogen-bond donors (Lipinski definition) is 1. The lowest BCUT2D eigenvalue weighted by Gasteiger charge is -2.33. The molecule has 1 aromatic carbocycles. The monoisotopic (exact) mass is 378 g/mol. The number of carbonyl (C=O) groups excluding carboxylic acids is 1. The second kappa shape index (κ2) is 9.59. The van der Waals surface area contributed by atoms with E-state index in [2.05, 4.69) is 9.89 Å². The largest absolute Gasteiger partial charge is 0.478 e. The van der Waals surface area contributed by atoms with Gasteiger partial charge in [0.2, 0.25) is 5.91 Å². The van der Waals surface area contributed by atoms with E-state index in [-0.39, 0.29) is 5.91 Å². The van der Waals surface area contributed by atoms with Gasteiger partial charge in [-0.1, -0.05) is 17.7 Å². The number of nitrogens with two attached hydrogens (primary N) is 1. The Morgan fingerprint density at radius 2 is 2.00 bits per heavy atom. The Bertz CT molecular complexity index is 695. The smallest absolute Gasteiger partial charge is 0.219 e. The maximum Gasteiger partial charge on any atom is 0.219 e. The first-order valence-electron chi connectivity index (χ1n) is 8.74. The van der Waals surface area contributed by atoms with Gasteiger partial charge in [-0.15, -0.1) is 0 Å². The van der Waals surface area contributed by atoms with Crippen LogP contribution in [0.5, 0.6) is 0 Å². The molecule has 0 spiro atoms. The molecule has 2 rings (SSSR count). The fraction of sp³-hybridized carbons (Fsp3) is 0.474. The summed E-state index contributed by atoms with van der Waals surface area (Å²) in [5, 5.41) is 0.692. The van der Waals surface area contributed by atoms with Crippen LogP contribution in [0.3, 0.4) is 0 Å². The van der Waals surface area contributed by atoms with Gasteiger partial charge in [-0.3, -0.25) is 14.7 Å². The molecule has 6 nitrogen and oxygen atoms in total. The summed E-state index contributed by atoms with van der Waals surface area (Å²) in [5.74, 6) is 0.476. The van der Waals surface area contributed by atoms with Gasteiger partial charge in [0.1, 0.15) is 6.61 Å². The fourth-order valence-electron chi connectivity index (χ4n) is 2.71. The number of piperazine rings is 1. The van der Waals surface area contributed by atoms with Gasteiger partial charge in [-0.05, 0) is 31.5 Å². The molecular weight excluding hydrogens is 352 g/mol. The number of hydrogen-bond acceptors (Lipinski definition) is 5. The molecule has 0 saturated carbocycles. The van der Waals surface area contributed by atoms with Crippen LogP contribution >= 0.6 is 11.6 Å². The molecule has 0 unspecified atom stereocenters. The maximum atomic E-state index is 11.3. The first-order chi connectivity index (χ1) is 12.3. The molecule has 0 aromatic heterocycles. The molecular formula is C19H27ClN4O2. The summed E-state index contributed by atoms with van der Waals surface area (Å²) in [6.07, 6.45) is 1.71. The van der Waals surface area contributed by atoms with Crippen LogP contribution in [0, 0.1) is 6.92 Å². The Kier molecular flexibility index (Phi) is 7.48. The molecule has 1 aliphatic rings. The van der Waals surface area contributed by atoms with E-state index in [4.69, 9.17) is 22.1 Å². The second-order valence-electron chi connectivity index (χ2n) is 6.43. The number of ether oxygens (including phenoxy) is 1. The van der Waals surface area contributed by atoms with Crippen molar-refractivity contribution < 1.29 is 9.53 Å². The fourth-order valence-corrected chi connectivity index (χ4v) is 2.89. The molecule has 7 heteroatoms. The van der Waals surface area contributed by atoms with E-state index in [1.807, 2.05) is 36.9 Å². The van der Waals surface area contributed by atoms with Crippen molar-refractivity contribution in [3.63, 3.8) is 0 Å². The molecule has 1 aliphatic heterocycles. The van der Waals surface area contributed by atoms with Crippen molar-refractivity contribution in [2.24, 2.45) is 10.7 Å². The van der Waals surface area contributed by atoms with Gasteiger partial charge in [-0.2, -0.15) is 0 Å². The first kappa shape index (κ1) is 20.3. The number of halogens is 1. The highest BCUT2D eigenvalue weighted by molar-refractivity contribution is 6.31. The standard InChI is InChI=1S/C19H27ClN4O2/c1-14-4-5-17(13-18(14)20)22-15(2)12-19(21)26-11-10-23-6-8-24(9-7-23)16(3)25/h4-5,12-13H,6-11,21H2,1-3H3. The minimum atomic E-state index is 0.137. The van der Waals surface area contributed by atoms with E-state index < -0.39 is 0 Å². The Morgan fingerprint density at radius 1 is 1.31 bits per heavy atom. The SMILES string of the molecule is CC(=O)N1CCN(CCOC(N)=CC(C)=Nc2ccc(C)c(Cl)c2)CC1. The van der Waals surface area contributed by atoms with Crippen LogP contribution < -0.4 is 5.73 Å². The van der Waals surface area contributed by atoms with Crippen molar-refractivity contribution in [2.75, 3.05) is 39.3 Å². The third-order valence-corrected chi connectivity index (χ3v) is 4.71. The highest BCUT2D eigenvalue weighted by atomic mass is 35.5. The van der Waals surface area contributed by atoms with Crippen LogP contribution in [-0.2, 0) is 9.53 Å². The van der Waals surface area contributed by atoms with Gasteiger partial charge in [-0.25, -0.2) is 0 Å². The summed E-state index contributed by atoms with van der Waals surface area (Å²) in [4.78, 5) is 19.9. The normalized spacial score (nSPS) is 16.7. The first-order valence-corrected chi connectivity index (χ1v) is 9.12. The van der Waals surface area contributed by atoms with Crippen molar-refractivity contribution >= 4 is 28.9 Å². The van der Waals surface area contributed by atoms with E-state index in [1.54, 1.807) is 13.0 Å². The lowest BCUT2D eigenvalue weighted by atomic mass is 10.2. The zero-order valence-electron chi connectivity index (χ0n) is 15.7. The number of allylic oxidation sites excluding steroid dienone is 1. The van der Waals surface area contributed by atoms with Gasteiger partial charge in [0.25, 0.3) is 0 Å². The number of amides is 1. The molecule has 142 valence electrons. The molecule has 1 fully saturated rings. The Hall–Kier alpha value is -2.05. The maximum absolute atomic E-state index is 11.3. The minimum absolute atomic E-state index is 0.137. The van der Waals surface area contributed by atoms with Crippen molar-refractivity contribution in [3.05, 3.63) is 40.7 Å². The van der Waals surface area contributed by atoms with Crippen molar-refractivity contribution in [1.82, 2.24) is 9.80 Å². The number of aryl methyl sites for hydroxylation is 1. The summed E-state index contributed by atoms with van der Waals surface area (Å²) in [7, 11) is 0. The Morgan fingerprint density at radius 3 is 2.62 bits per heavy atom. The predicted molar refractivity (Wildman–Crippen MR) is 106 cm³/mol. The molecule has 1 saturated heterocycles. The summed E-state index contributed by atoms with van der Waals surface area (Å²) < 4.78 is 5.58. The topological polar surface area (TPSA) is 71.2 Å². The lowest BCUT2D eigenvalue weighted by Crippen LogP contribution is -2.48. The van der Waals surface area contributed by atoms with Crippen molar-refractivity contribution in [2.45, 2.75) is 20.8 Å². The zero-order chi connectivity index (χ0) is 19.1. The Balaban J connectivity index is 1.78. The third kappa shape index (κ3) is 6.35. The Labute approximate surface area is 160 Å². The van der Waals surface area contributed by atoms with Crippen LogP contribution in [0.2, 0.25) is 5.02 Å². The van der Waals surface area contributed by atoms with Gasteiger partial charge >= 0.3 is 0 Å². The molecule has 26 heavy (non-hydrogen) atoms. The van der Waals surface area contributed by atoms with Crippen LogP contribution in [0.4, 0.5) is 5.69 Å². The van der Waals surface area contributed by atoms with Crippen LogP contribution in [0.1, 0.15) is 19.4 Å². The molecule has 0 aliphatic carbocycles. The predicted octanol–water partition coefficient (Wildman–Crippen LogP) is 2.72. The highest BCUT2D eigenvalue weighted by Crippen LogP contribution is 2.22.